The molecule has 0 spiro atoms. The Kier molecular flexibility index (Phi) is 4.12. The van der Waals surface area contributed by atoms with Crippen LogP contribution in [0, 0.1) is 18.3 Å². The number of nitrogens with zero attached hydrogens (tertiary/aromatic N) is 5. The molecular formula is C22H14N6S. The standard InChI is InChI=1S/C22H14N6S/c1-13-3-2-4-18(24-13)21-20(16-9-10-17-19(11-16)28-29-27-17)25-22(26-21)15-7-5-14(12-23)6-8-15/h2-11H,1H3,(H,25,26). The van der Waals surface area contributed by atoms with Gasteiger partial charge in [0.2, 0.25) is 0 Å². The first-order valence-corrected chi connectivity index (χ1v) is 9.71. The maximum Gasteiger partial charge on any atom is 0.138 e. The van der Waals surface area contributed by atoms with E-state index in [4.69, 9.17) is 10.2 Å². The quantitative estimate of drug-likeness (QED) is 0.465. The lowest BCUT2D eigenvalue weighted by Crippen LogP contribution is -1.89. The minimum absolute atomic E-state index is 0.614. The molecule has 0 atom stereocenters. The molecular weight excluding hydrogens is 380 g/mol. The first kappa shape index (κ1) is 17.2. The lowest BCUT2D eigenvalue weighted by atomic mass is 10.1. The minimum atomic E-state index is 0.614. The van der Waals surface area contributed by atoms with Crippen LogP contribution in [0.4, 0.5) is 0 Å². The maximum absolute atomic E-state index is 9.05. The molecule has 0 saturated heterocycles. The van der Waals surface area contributed by atoms with E-state index < -0.39 is 0 Å². The van der Waals surface area contributed by atoms with Crippen molar-refractivity contribution in [2.75, 3.05) is 0 Å². The highest BCUT2D eigenvalue weighted by Gasteiger charge is 2.17. The molecule has 6 nitrogen and oxygen atoms in total. The highest BCUT2D eigenvalue weighted by atomic mass is 32.1. The van der Waals surface area contributed by atoms with E-state index in [1.807, 2.05) is 55.5 Å². The van der Waals surface area contributed by atoms with Crippen molar-refractivity contribution < 1.29 is 0 Å². The summed E-state index contributed by atoms with van der Waals surface area (Å²) in [5.41, 5.74) is 7.58. The van der Waals surface area contributed by atoms with Crippen molar-refractivity contribution in [1.82, 2.24) is 23.7 Å². The Morgan fingerprint density at radius 3 is 2.48 bits per heavy atom. The van der Waals surface area contributed by atoms with Gasteiger partial charge >= 0.3 is 0 Å². The number of imidazole rings is 1. The molecule has 1 N–H and O–H groups in total. The number of aromatic nitrogens is 5. The van der Waals surface area contributed by atoms with Crippen LogP contribution in [0.3, 0.4) is 0 Å². The Morgan fingerprint density at radius 2 is 1.69 bits per heavy atom. The molecule has 0 aliphatic rings. The summed E-state index contributed by atoms with van der Waals surface area (Å²) in [6, 6.07) is 21.4. The summed E-state index contributed by atoms with van der Waals surface area (Å²) < 4.78 is 8.63. The summed E-state index contributed by atoms with van der Waals surface area (Å²) >= 11 is 1.20. The fraction of sp³-hybridized carbons (Fsp3) is 0.0455. The van der Waals surface area contributed by atoms with Crippen LogP contribution >= 0.6 is 11.7 Å². The summed E-state index contributed by atoms with van der Waals surface area (Å²) in [7, 11) is 0. The van der Waals surface area contributed by atoms with Gasteiger partial charge in [-0.15, -0.1) is 0 Å². The largest absolute Gasteiger partial charge is 0.336 e. The van der Waals surface area contributed by atoms with Crippen molar-refractivity contribution in [1.29, 1.82) is 5.26 Å². The number of aromatic amines is 1. The van der Waals surface area contributed by atoms with E-state index in [2.05, 4.69) is 24.8 Å². The molecule has 5 rings (SSSR count). The van der Waals surface area contributed by atoms with E-state index >= 15 is 0 Å². The molecule has 0 fully saturated rings. The molecule has 29 heavy (non-hydrogen) atoms. The number of fused-ring (bicyclic) bond motifs is 1. The molecule has 3 heterocycles. The van der Waals surface area contributed by atoms with Gasteiger partial charge in [-0.1, -0.05) is 12.1 Å². The number of nitrogens with one attached hydrogen (secondary N) is 1. The Labute approximate surface area is 170 Å². The third kappa shape index (κ3) is 3.16. The van der Waals surface area contributed by atoms with Crippen LogP contribution in [-0.4, -0.2) is 23.7 Å². The van der Waals surface area contributed by atoms with E-state index in [0.717, 1.165) is 50.8 Å². The normalized spacial score (nSPS) is 10.9. The molecule has 0 aliphatic carbocycles. The SMILES string of the molecule is Cc1cccc(-c2[nH]c(-c3ccc(C#N)cc3)nc2-c2ccc3nsnc3c2)n1. The van der Waals surface area contributed by atoms with Crippen LogP contribution in [-0.2, 0) is 0 Å². The zero-order chi connectivity index (χ0) is 19.8. The molecule has 0 radical (unpaired) electrons. The van der Waals surface area contributed by atoms with Gasteiger partial charge in [0.1, 0.15) is 16.9 Å². The molecule has 2 aromatic carbocycles. The molecule has 0 amide bonds. The van der Waals surface area contributed by atoms with Crippen molar-refractivity contribution in [2.24, 2.45) is 0 Å². The number of nitriles is 1. The average molecular weight is 394 g/mol. The second-order valence-corrected chi connectivity index (χ2v) is 7.16. The van der Waals surface area contributed by atoms with Gasteiger partial charge in [-0.25, -0.2) is 4.98 Å². The topological polar surface area (TPSA) is 91.1 Å². The van der Waals surface area contributed by atoms with Crippen LogP contribution in [0.2, 0.25) is 0 Å². The van der Waals surface area contributed by atoms with E-state index in [-0.39, 0.29) is 0 Å². The van der Waals surface area contributed by atoms with E-state index in [0.29, 0.717) is 5.56 Å². The Bertz CT molecular complexity index is 1370. The highest BCUT2D eigenvalue weighted by molar-refractivity contribution is 7.00. The van der Waals surface area contributed by atoms with Crippen molar-refractivity contribution in [3.05, 3.63) is 71.9 Å². The van der Waals surface area contributed by atoms with Crippen LogP contribution in [0.5, 0.6) is 0 Å². The minimum Gasteiger partial charge on any atom is -0.336 e. The van der Waals surface area contributed by atoms with Gasteiger partial charge in [0.25, 0.3) is 0 Å². The number of hydrogen-bond acceptors (Lipinski definition) is 6. The molecule has 3 aromatic heterocycles. The van der Waals surface area contributed by atoms with E-state index in [1.165, 1.54) is 11.7 Å². The molecule has 138 valence electrons. The summed E-state index contributed by atoms with van der Waals surface area (Å²) in [5, 5.41) is 9.05. The van der Waals surface area contributed by atoms with Gasteiger partial charge in [-0.3, -0.25) is 4.98 Å². The van der Waals surface area contributed by atoms with Gasteiger partial charge in [0.05, 0.1) is 40.4 Å². The van der Waals surface area contributed by atoms with Gasteiger partial charge in [0, 0.05) is 16.8 Å². The average Bonchev–Trinajstić information content (AvgIpc) is 3.40. The molecule has 5 aromatic rings. The smallest absolute Gasteiger partial charge is 0.138 e. The van der Waals surface area contributed by atoms with Gasteiger partial charge in [-0.2, -0.15) is 14.0 Å². The second-order valence-electron chi connectivity index (χ2n) is 6.63. The van der Waals surface area contributed by atoms with E-state index in [1.54, 1.807) is 12.1 Å². The Morgan fingerprint density at radius 1 is 0.897 bits per heavy atom. The lowest BCUT2D eigenvalue weighted by molar-refractivity contribution is 1.19. The first-order valence-electron chi connectivity index (χ1n) is 8.98. The second kappa shape index (κ2) is 6.93. The van der Waals surface area contributed by atoms with E-state index in [9.17, 15) is 0 Å². The summed E-state index contributed by atoms with van der Waals surface area (Å²) in [6.07, 6.45) is 0. The lowest BCUT2D eigenvalue weighted by Gasteiger charge is -2.03. The number of hydrogen-bond donors (Lipinski definition) is 1. The zero-order valence-corrected chi connectivity index (χ0v) is 16.2. The monoisotopic (exact) mass is 394 g/mol. The molecule has 0 bridgehead atoms. The number of pyridine rings is 1. The highest BCUT2D eigenvalue weighted by Crippen LogP contribution is 2.33. The van der Waals surface area contributed by atoms with Crippen molar-refractivity contribution >= 4 is 22.8 Å². The number of aryl methyl sites for hydroxylation is 1. The predicted molar refractivity (Wildman–Crippen MR) is 113 cm³/mol. The van der Waals surface area contributed by atoms with Crippen LogP contribution in [0.25, 0.3) is 45.1 Å². The molecule has 0 saturated carbocycles. The van der Waals surface area contributed by atoms with Crippen LogP contribution in [0.1, 0.15) is 11.3 Å². The first-order chi connectivity index (χ1) is 14.2. The maximum atomic E-state index is 9.05. The van der Waals surface area contributed by atoms with Crippen molar-refractivity contribution in [3.63, 3.8) is 0 Å². The molecule has 7 heteroatoms. The fourth-order valence-electron chi connectivity index (χ4n) is 3.22. The van der Waals surface area contributed by atoms with Gasteiger partial charge < -0.3 is 4.98 Å². The molecule has 0 aliphatic heterocycles. The Balaban J connectivity index is 1.70. The third-order valence-electron chi connectivity index (χ3n) is 4.66. The molecule has 0 unspecified atom stereocenters. The van der Waals surface area contributed by atoms with Gasteiger partial charge in [-0.05, 0) is 55.5 Å². The summed E-state index contributed by atoms with van der Waals surface area (Å²) in [4.78, 5) is 13.0. The fourth-order valence-corrected chi connectivity index (χ4v) is 3.74. The Hall–Kier alpha value is -3.89. The summed E-state index contributed by atoms with van der Waals surface area (Å²) in [5.74, 6) is 0.722. The summed E-state index contributed by atoms with van der Waals surface area (Å²) in [6.45, 7) is 1.97. The zero-order valence-electron chi connectivity index (χ0n) is 15.4. The number of H-pyrrole nitrogens is 1. The van der Waals surface area contributed by atoms with Crippen LogP contribution < -0.4 is 0 Å². The van der Waals surface area contributed by atoms with Crippen LogP contribution in [0.15, 0.2) is 60.7 Å². The van der Waals surface area contributed by atoms with Gasteiger partial charge in [0.15, 0.2) is 0 Å². The predicted octanol–water partition coefficient (Wildman–Crippen LogP) is 4.99. The van der Waals surface area contributed by atoms with Crippen molar-refractivity contribution in [2.45, 2.75) is 6.92 Å². The third-order valence-corrected chi connectivity index (χ3v) is 5.22. The number of benzene rings is 2. The number of rotatable bonds is 3. The van der Waals surface area contributed by atoms with Crippen molar-refractivity contribution in [3.8, 4) is 40.1 Å².